The molecule has 100 valence electrons. The molecule has 2 aromatic rings. The van der Waals surface area contributed by atoms with E-state index in [0.29, 0.717) is 0 Å². The molecule has 0 atom stereocenters. The molecule has 1 aliphatic rings. The monoisotopic (exact) mass is 257 g/mol. The van der Waals surface area contributed by atoms with Gasteiger partial charge in [0, 0.05) is 17.8 Å². The maximum absolute atomic E-state index is 12.2. The molecule has 0 aliphatic heterocycles. The van der Waals surface area contributed by atoms with Gasteiger partial charge in [0.25, 0.3) is 0 Å². The maximum Gasteiger partial charge on any atom is 0.227 e. The predicted molar refractivity (Wildman–Crippen MR) is 75.3 cm³/mol. The second-order valence-corrected chi connectivity index (χ2v) is 5.37. The van der Waals surface area contributed by atoms with Crippen LogP contribution >= 0.6 is 0 Å². The van der Waals surface area contributed by atoms with Crippen LogP contribution in [-0.4, -0.2) is 15.3 Å². The van der Waals surface area contributed by atoms with Gasteiger partial charge >= 0.3 is 0 Å². The number of nitrogens with one attached hydrogen (secondary N) is 1. The van der Waals surface area contributed by atoms with Crippen molar-refractivity contribution >= 4 is 17.2 Å². The van der Waals surface area contributed by atoms with Crippen LogP contribution in [-0.2, 0) is 4.79 Å². The number of carbonyl (C=O) groups is 1. The Labute approximate surface area is 112 Å². The molecule has 0 saturated heterocycles. The summed E-state index contributed by atoms with van der Waals surface area (Å²) >= 11 is 0. The number of rotatable bonds is 2. The second-order valence-electron chi connectivity index (χ2n) is 5.37. The van der Waals surface area contributed by atoms with E-state index in [1.54, 1.807) is 0 Å². The van der Waals surface area contributed by atoms with Crippen molar-refractivity contribution in [3.63, 3.8) is 0 Å². The molecule has 1 saturated carbocycles. The Morgan fingerprint density at radius 3 is 2.84 bits per heavy atom. The smallest absolute Gasteiger partial charge is 0.227 e. The number of pyridine rings is 1. The average molecular weight is 257 g/mol. The largest absolute Gasteiger partial charge is 0.323 e. The number of aryl methyl sites for hydroxylation is 2. The highest BCUT2D eigenvalue weighted by molar-refractivity contribution is 5.95. The number of hydrogen-bond donors (Lipinski definition) is 1. The lowest BCUT2D eigenvalue weighted by atomic mass is 10.1. The van der Waals surface area contributed by atoms with E-state index in [4.69, 9.17) is 0 Å². The molecule has 4 nitrogen and oxygen atoms in total. The molecule has 2 heterocycles. The van der Waals surface area contributed by atoms with Crippen molar-refractivity contribution < 1.29 is 4.79 Å². The van der Waals surface area contributed by atoms with E-state index in [1.165, 1.54) is 12.8 Å². The van der Waals surface area contributed by atoms with Crippen molar-refractivity contribution in [2.24, 2.45) is 5.92 Å². The Kier molecular flexibility index (Phi) is 3.01. The van der Waals surface area contributed by atoms with Gasteiger partial charge in [0.05, 0.1) is 11.4 Å². The molecule has 2 aromatic heterocycles. The third-order valence-electron chi connectivity index (χ3n) is 4.11. The molecular formula is C15H19N3O. The normalized spacial score (nSPS) is 16.1. The summed E-state index contributed by atoms with van der Waals surface area (Å²) in [5, 5.41) is 3.05. The Morgan fingerprint density at radius 2 is 2.11 bits per heavy atom. The number of hydrogen-bond acceptors (Lipinski definition) is 2. The van der Waals surface area contributed by atoms with Crippen LogP contribution in [0.5, 0.6) is 0 Å². The van der Waals surface area contributed by atoms with E-state index in [2.05, 4.69) is 10.3 Å². The summed E-state index contributed by atoms with van der Waals surface area (Å²) in [4.78, 5) is 16.7. The molecule has 3 rings (SSSR count). The van der Waals surface area contributed by atoms with Gasteiger partial charge in [-0.25, -0.2) is 4.98 Å². The number of fused-ring (bicyclic) bond motifs is 1. The fraction of sp³-hybridized carbons (Fsp3) is 0.467. The van der Waals surface area contributed by atoms with E-state index < -0.39 is 0 Å². The van der Waals surface area contributed by atoms with Crippen LogP contribution in [0.25, 0.3) is 5.65 Å². The number of anilines is 1. The van der Waals surface area contributed by atoms with Crippen molar-refractivity contribution in [1.29, 1.82) is 0 Å². The highest BCUT2D eigenvalue weighted by Gasteiger charge is 2.23. The molecular weight excluding hydrogens is 238 g/mol. The Morgan fingerprint density at radius 1 is 1.37 bits per heavy atom. The predicted octanol–water partition coefficient (Wildman–Crippen LogP) is 3.08. The Hall–Kier alpha value is -1.84. The fourth-order valence-corrected chi connectivity index (χ4v) is 2.82. The van der Waals surface area contributed by atoms with Gasteiger partial charge in [-0.15, -0.1) is 0 Å². The minimum atomic E-state index is 0.143. The van der Waals surface area contributed by atoms with E-state index in [1.807, 2.05) is 36.6 Å². The summed E-state index contributed by atoms with van der Waals surface area (Å²) in [5.41, 5.74) is 3.77. The minimum Gasteiger partial charge on any atom is -0.323 e. The molecule has 1 amide bonds. The van der Waals surface area contributed by atoms with Crippen molar-refractivity contribution in [3.8, 4) is 0 Å². The lowest BCUT2D eigenvalue weighted by Gasteiger charge is -2.11. The number of nitrogens with zero attached hydrogens (tertiary/aromatic N) is 2. The van der Waals surface area contributed by atoms with Crippen LogP contribution in [0.3, 0.4) is 0 Å². The lowest BCUT2D eigenvalue weighted by Crippen LogP contribution is -2.20. The van der Waals surface area contributed by atoms with Gasteiger partial charge in [0.2, 0.25) is 5.91 Å². The highest BCUT2D eigenvalue weighted by Crippen LogP contribution is 2.27. The van der Waals surface area contributed by atoms with Crippen molar-refractivity contribution in [2.75, 3.05) is 5.32 Å². The quantitative estimate of drug-likeness (QED) is 0.898. The van der Waals surface area contributed by atoms with Gasteiger partial charge in [-0.2, -0.15) is 0 Å². The average Bonchev–Trinajstić information content (AvgIpc) is 3.01. The lowest BCUT2D eigenvalue weighted by molar-refractivity contribution is -0.119. The molecule has 0 bridgehead atoms. The first kappa shape index (κ1) is 12.2. The molecule has 1 N–H and O–H groups in total. The summed E-state index contributed by atoms with van der Waals surface area (Å²) in [6.45, 7) is 4.03. The summed E-state index contributed by atoms with van der Waals surface area (Å²) in [6.07, 6.45) is 6.35. The van der Waals surface area contributed by atoms with Crippen LogP contribution in [0, 0.1) is 19.8 Å². The van der Waals surface area contributed by atoms with E-state index in [0.717, 1.165) is 35.6 Å². The molecule has 4 heteroatoms. The number of imidazole rings is 1. The zero-order chi connectivity index (χ0) is 13.4. The van der Waals surface area contributed by atoms with E-state index in [9.17, 15) is 4.79 Å². The first-order chi connectivity index (χ1) is 9.16. The zero-order valence-corrected chi connectivity index (χ0v) is 11.4. The Bertz CT molecular complexity index is 624. The van der Waals surface area contributed by atoms with E-state index in [-0.39, 0.29) is 11.8 Å². The first-order valence-corrected chi connectivity index (χ1v) is 6.92. The topological polar surface area (TPSA) is 46.4 Å². The molecule has 0 spiro atoms. The van der Waals surface area contributed by atoms with Gasteiger partial charge in [-0.3, -0.25) is 4.79 Å². The van der Waals surface area contributed by atoms with Crippen LogP contribution in [0.1, 0.15) is 37.1 Å². The Balaban J connectivity index is 1.92. The number of aromatic nitrogens is 2. The first-order valence-electron chi connectivity index (χ1n) is 6.92. The maximum atomic E-state index is 12.2. The summed E-state index contributed by atoms with van der Waals surface area (Å²) in [5.74, 6) is 0.321. The van der Waals surface area contributed by atoms with Crippen LogP contribution in [0.2, 0.25) is 0 Å². The summed E-state index contributed by atoms with van der Waals surface area (Å²) < 4.78 is 2.03. The zero-order valence-electron chi connectivity index (χ0n) is 11.4. The standard InChI is InChI=1S/C15H19N3O/c1-10-11(2)18-9-5-8-13(14(18)16-10)17-15(19)12-6-3-4-7-12/h5,8-9,12H,3-4,6-7H2,1-2H3,(H,17,19). The van der Waals surface area contributed by atoms with Crippen LogP contribution in [0.4, 0.5) is 5.69 Å². The summed E-state index contributed by atoms with van der Waals surface area (Å²) in [7, 11) is 0. The SMILES string of the molecule is Cc1nc2c(NC(=O)C3CCCC3)cccn2c1C. The van der Waals surface area contributed by atoms with Crippen molar-refractivity contribution in [1.82, 2.24) is 9.38 Å². The highest BCUT2D eigenvalue weighted by atomic mass is 16.1. The molecule has 19 heavy (non-hydrogen) atoms. The van der Waals surface area contributed by atoms with Gasteiger partial charge in [0.15, 0.2) is 5.65 Å². The van der Waals surface area contributed by atoms with Gasteiger partial charge in [-0.1, -0.05) is 12.8 Å². The minimum absolute atomic E-state index is 0.143. The van der Waals surface area contributed by atoms with Gasteiger partial charge < -0.3 is 9.72 Å². The molecule has 0 aromatic carbocycles. The molecule has 0 radical (unpaired) electrons. The number of amides is 1. The summed E-state index contributed by atoms with van der Waals surface area (Å²) in [6, 6.07) is 3.87. The van der Waals surface area contributed by atoms with Crippen LogP contribution < -0.4 is 5.32 Å². The van der Waals surface area contributed by atoms with Crippen molar-refractivity contribution in [2.45, 2.75) is 39.5 Å². The molecule has 1 fully saturated rings. The third-order valence-corrected chi connectivity index (χ3v) is 4.11. The second kappa shape index (κ2) is 4.68. The third kappa shape index (κ3) is 2.11. The van der Waals surface area contributed by atoms with Crippen LogP contribution in [0.15, 0.2) is 18.3 Å². The molecule has 1 aliphatic carbocycles. The van der Waals surface area contributed by atoms with Gasteiger partial charge in [0.1, 0.15) is 0 Å². The fourth-order valence-electron chi connectivity index (χ4n) is 2.82. The number of carbonyl (C=O) groups excluding carboxylic acids is 1. The van der Waals surface area contributed by atoms with Crippen molar-refractivity contribution in [3.05, 3.63) is 29.7 Å². The van der Waals surface area contributed by atoms with E-state index >= 15 is 0 Å². The molecule has 0 unspecified atom stereocenters. The van der Waals surface area contributed by atoms with Gasteiger partial charge in [-0.05, 0) is 38.8 Å².